The van der Waals surface area contributed by atoms with Crippen LogP contribution in [0.4, 0.5) is 14.5 Å². The van der Waals surface area contributed by atoms with Crippen LogP contribution in [0.2, 0.25) is 0 Å². The summed E-state index contributed by atoms with van der Waals surface area (Å²) < 4.78 is 26.5. The van der Waals surface area contributed by atoms with Crippen LogP contribution in [0, 0.1) is 11.6 Å². The average Bonchev–Trinajstić information content (AvgIpc) is 2.48. The SMILES string of the molecule is CCS/C(=C\C(=O)c1ccc(F)cc1F)Nc1ccccc1. The molecule has 2 aromatic carbocycles. The van der Waals surface area contributed by atoms with Crippen molar-refractivity contribution in [2.75, 3.05) is 11.1 Å². The van der Waals surface area contributed by atoms with Crippen LogP contribution in [-0.2, 0) is 0 Å². The molecular weight excluding hydrogens is 304 g/mol. The van der Waals surface area contributed by atoms with Gasteiger partial charge in [-0.1, -0.05) is 25.1 Å². The van der Waals surface area contributed by atoms with Gasteiger partial charge in [-0.25, -0.2) is 8.78 Å². The van der Waals surface area contributed by atoms with E-state index in [0.717, 1.165) is 23.6 Å². The zero-order valence-corrected chi connectivity index (χ0v) is 12.8. The van der Waals surface area contributed by atoms with Gasteiger partial charge in [-0.2, -0.15) is 0 Å². The summed E-state index contributed by atoms with van der Waals surface area (Å²) in [5.74, 6) is -1.31. The predicted octanol–water partition coefficient (Wildman–Crippen LogP) is 4.85. The third-order valence-electron chi connectivity index (χ3n) is 2.80. The molecule has 0 radical (unpaired) electrons. The van der Waals surface area contributed by atoms with Gasteiger partial charge in [0.1, 0.15) is 11.6 Å². The molecule has 2 rings (SSSR count). The highest BCUT2D eigenvalue weighted by atomic mass is 32.2. The maximum atomic E-state index is 13.6. The minimum Gasteiger partial charge on any atom is -0.350 e. The third-order valence-corrected chi connectivity index (χ3v) is 3.62. The fourth-order valence-corrected chi connectivity index (χ4v) is 2.51. The standard InChI is InChI=1S/C17H15F2NOS/c1-2-22-17(20-13-6-4-3-5-7-13)11-16(21)14-9-8-12(18)10-15(14)19/h3-11,20H,2H2,1H3/b17-11-. The molecule has 22 heavy (non-hydrogen) atoms. The number of allylic oxidation sites excluding steroid dienone is 1. The topological polar surface area (TPSA) is 29.1 Å². The molecule has 0 saturated heterocycles. The Kier molecular flexibility index (Phi) is 5.72. The van der Waals surface area contributed by atoms with Gasteiger partial charge in [0.2, 0.25) is 0 Å². The molecule has 0 heterocycles. The van der Waals surface area contributed by atoms with E-state index in [0.29, 0.717) is 11.1 Å². The Bertz CT molecular complexity index is 686. The predicted molar refractivity (Wildman–Crippen MR) is 87.0 cm³/mol. The number of carbonyl (C=O) groups is 1. The molecule has 1 N–H and O–H groups in total. The summed E-state index contributed by atoms with van der Waals surface area (Å²) in [4.78, 5) is 12.2. The van der Waals surface area contributed by atoms with E-state index >= 15 is 0 Å². The molecule has 0 saturated carbocycles. The first kappa shape index (κ1) is 16.2. The molecule has 2 nitrogen and oxygen atoms in total. The molecule has 0 fully saturated rings. The number of rotatable bonds is 6. The van der Waals surface area contributed by atoms with Gasteiger partial charge in [-0.3, -0.25) is 4.79 Å². The van der Waals surface area contributed by atoms with Gasteiger partial charge in [-0.15, -0.1) is 11.8 Å². The molecule has 5 heteroatoms. The number of hydrogen-bond donors (Lipinski definition) is 1. The Morgan fingerprint density at radius 1 is 1.18 bits per heavy atom. The van der Waals surface area contributed by atoms with Gasteiger partial charge in [0, 0.05) is 17.8 Å². The van der Waals surface area contributed by atoms with E-state index in [9.17, 15) is 13.6 Å². The lowest BCUT2D eigenvalue weighted by atomic mass is 10.1. The molecule has 0 amide bonds. The lowest BCUT2D eigenvalue weighted by Gasteiger charge is -2.09. The van der Waals surface area contributed by atoms with Gasteiger partial charge in [0.05, 0.1) is 10.6 Å². The second-order valence-electron chi connectivity index (χ2n) is 4.42. The Balaban J connectivity index is 2.23. The molecule has 0 aliphatic carbocycles. The number of ketones is 1. The van der Waals surface area contributed by atoms with E-state index in [4.69, 9.17) is 0 Å². The first-order valence-electron chi connectivity index (χ1n) is 6.76. The van der Waals surface area contributed by atoms with Crippen LogP contribution >= 0.6 is 11.8 Å². The largest absolute Gasteiger partial charge is 0.350 e. The van der Waals surface area contributed by atoms with Crippen LogP contribution in [0.25, 0.3) is 0 Å². The maximum absolute atomic E-state index is 13.6. The summed E-state index contributed by atoms with van der Waals surface area (Å²) in [7, 11) is 0. The van der Waals surface area contributed by atoms with Crippen molar-refractivity contribution >= 4 is 23.2 Å². The van der Waals surface area contributed by atoms with Gasteiger partial charge < -0.3 is 5.32 Å². The van der Waals surface area contributed by atoms with Gasteiger partial charge in [0.15, 0.2) is 5.78 Å². The molecule has 0 unspecified atom stereocenters. The molecule has 114 valence electrons. The van der Waals surface area contributed by atoms with Gasteiger partial charge >= 0.3 is 0 Å². The number of benzene rings is 2. The summed E-state index contributed by atoms with van der Waals surface area (Å²) in [5.41, 5.74) is 0.688. The average molecular weight is 319 g/mol. The van der Waals surface area contributed by atoms with Crippen LogP contribution in [0.3, 0.4) is 0 Å². The number of thioether (sulfide) groups is 1. The van der Waals surface area contributed by atoms with E-state index < -0.39 is 17.4 Å². The Morgan fingerprint density at radius 2 is 1.91 bits per heavy atom. The maximum Gasteiger partial charge on any atom is 0.191 e. The van der Waals surface area contributed by atoms with Crippen LogP contribution < -0.4 is 5.32 Å². The normalized spacial score (nSPS) is 11.3. The van der Waals surface area contributed by atoms with E-state index in [-0.39, 0.29) is 5.56 Å². The van der Waals surface area contributed by atoms with Crippen LogP contribution in [0.5, 0.6) is 0 Å². The van der Waals surface area contributed by atoms with Crippen molar-refractivity contribution in [3.8, 4) is 0 Å². The second kappa shape index (κ2) is 7.75. The number of nitrogens with one attached hydrogen (secondary N) is 1. The Morgan fingerprint density at radius 3 is 2.55 bits per heavy atom. The molecule has 0 aliphatic rings. The highest BCUT2D eigenvalue weighted by Gasteiger charge is 2.12. The number of carbonyl (C=O) groups excluding carboxylic acids is 1. The lowest BCUT2D eigenvalue weighted by molar-refractivity contribution is 0.104. The summed E-state index contributed by atoms with van der Waals surface area (Å²) in [6.45, 7) is 1.95. The highest BCUT2D eigenvalue weighted by molar-refractivity contribution is 8.03. The van der Waals surface area contributed by atoms with Crippen molar-refractivity contribution in [2.24, 2.45) is 0 Å². The zero-order valence-electron chi connectivity index (χ0n) is 12.0. The molecule has 0 atom stereocenters. The summed E-state index contributed by atoms with van der Waals surface area (Å²) in [6, 6.07) is 12.3. The van der Waals surface area contributed by atoms with Crippen LogP contribution in [0.1, 0.15) is 17.3 Å². The van der Waals surface area contributed by atoms with Crippen molar-refractivity contribution in [3.63, 3.8) is 0 Å². The fraction of sp³-hybridized carbons (Fsp3) is 0.118. The zero-order chi connectivity index (χ0) is 15.9. The van der Waals surface area contributed by atoms with E-state index in [1.807, 2.05) is 37.3 Å². The van der Waals surface area contributed by atoms with Gasteiger partial charge in [0.25, 0.3) is 0 Å². The number of para-hydroxylation sites is 1. The number of halogens is 2. The molecule has 0 aliphatic heterocycles. The van der Waals surface area contributed by atoms with E-state index in [2.05, 4.69) is 5.32 Å². The lowest BCUT2D eigenvalue weighted by Crippen LogP contribution is -2.04. The summed E-state index contributed by atoms with van der Waals surface area (Å²) in [5, 5.41) is 3.73. The smallest absolute Gasteiger partial charge is 0.191 e. The van der Waals surface area contributed by atoms with Crippen LogP contribution in [-0.4, -0.2) is 11.5 Å². The minimum atomic E-state index is -0.859. The van der Waals surface area contributed by atoms with Crippen molar-refractivity contribution < 1.29 is 13.6 Å². The second-order valence-corrected chi connectivity index (χ2v) is 5.73. The Hall–Kier alpha value is -2.14. The monoisotopic (exact) mass is 319 g/mol. The molecule has 0 aromatic heterocycles. The third kappa shape index (κ3) is 4.43. The first-order chi connectivity index (χ1) is 10.6. The molecular formula is C17H15F2NOS. The minimum absolute atomic E-state index is 0.148. The number of hydrogen-bond acceptors (Lipinski definition) is 3. The highest BCUT2D eigenvalue weighted by Crippen LogP contribution is 2.20. The van der Waals surface area contributed by atoms with E-state index in [1.54, 1.807) is 0 Å². The quantitative estimate of drug-likeness (QED) is 0.609. The van der Waals surface area contributed by atoms with Crippen LogP contribution in [0.15, 0.2) is 59.6 Å². The molecule has 0 bridgehead atoms. The van der Waals surface area contributed by atoms with Crippen molar-refractivity contribution in [1.82, 2.24) is 0 Å². The van der Waals surface area contributed by atoms with Crippen molar-refractivity contribution in [1.29, 1.82) is 0 Å². The number of anilines is 1. The molecule has 2 aromatic rings. The molecule has 0 spiro atoms. The van der Waals surface area contributed by atoms with Crippen molar-refractivity contribution in [3.05, 3.63) is 76.8 Å². The fourth-order valence-electron chi connectivity index (χ4n) is 1.82. The summed E-state index contributed by atoms with van der Waals surface area (Å²) in [6.07, 6.45) is 1.33. The van der Waals surface area contributed by atoms with Crippen molar-refractivity contribution in [2.45, 2.75) is 6.92 Å². The Labute approximate surface area is 132 Å². The van der Waals surface area contributed by atoms with E-state index in [1.165, 1.54) is 17.8 Å². The van der Waals surface area contributed by atoms with Gasteiger partial charge in [-0.05, 0) is 30.0 Å². The first-order valence-corrected chi connectivity index (χ1v) is 7.74. The summed E-state index contributed by atoms with van der Waals surface area (Å²) >= 11 is 1.44.